The number of nitrogens with one attached hydrogen (secondary N) is 1. The number of hydrogen-bond acceptors (Lipinski definition) is 12. The number of halogens is 4. The lowest BCUT2D eigenvalue weighted by Gasteiger charge is -2.30. The Bertz CT molecular complexity index is 2250. The maximum atomic E-state index is 12.6. The SMILES string of the molecule is C.CCOC(=O)[C@H]1CCCN(S(=O)(=O)c2ccc(Cl)cc2)C1.CCOC(=O)[C@H]1CCCNC1.O=C(O)[C@H]1CCCN(S(=O)(=O)c2ccc(Cl)cc2)C1.O=S(=O)(Cl)c1ccc(Cl)cc1. The number of sulfonamides is 2. The molecular weight excluding hydrogens is 964 g/mol. The highest BCUT2D eigenvalue weighted by atomic mass is 35.7. The van der Waals surface area contributed by atoms with Crippen molar-refractivity contribution < 1.29 is 54.2 Å². The van der Waals surface area contributed by atoms with E-state index in [-0.39, 0.29) is 59.0 Å². The van der Waals surface area contributed by atoms with Gasteiger partial charge in [0.25, 0.3) is 9.05 Å². The smallest absolute Gasteiger partial charge is 0.310 e. The van der Waals surface area contributed by atoms with Gasteiger partial charge in [0.15, 0.2) is 0 Å². The molecule has 3 aliphatic heterocycles. The van der Waals surface area contributed by atoms with Crippen molar-refractivity contribution in [2.24, 2.45) is 17.8 Å². The van der Waals surface area contributed by atoms with E-state index in [4.69, 9.17) is 60.1 Å². The molecule has 0 spiro atoms. The van der Waals surface area contributed by atoms with Gasteiger partial charge in [0.05, 0.1) is 45.7 Å². The lowest BCUT2D eigenvalue weighted by Crippen LogP contribution is -2.42. The average Bonchev–Trinajstić information content (AvgIpc) is 3.25. The number of ether oxygens (including phenoxy) is 2. The zero-order valence-electron chi connectivity index (χ0n) is 34.1. The van der Waals surface area contributed by atoms with E-state index in [1.165, 1.54) is 69.3 Å². The maximum absolute atomic E-state index is 12.6. The van der Waals surface area contributed by atoms with Gasteiger partial charge in [-0.25, -0.2) is 25.3 Å². The van der Waals surface area contributed by atoms with Gasteiger partial charge < -0.3 is 19.9 Å². The van der Waals surface area contributed by atoms with Crippen LogP contribution in [0.4, 0.5) is 0 Å². The number of benzene rings is 3. The molecule has 0 amide bonds. The monoisotopic (exact) mass is 1020 g/mol. The van der Waals surface area contributed by atoms with Crippen LogP contribution >= 0.6 is 45.5 Å². The summed E-state index contributed by atoms with van der Waals surface area (Å²) in [5.74, 6) is -2.23. The first kappa shape index (κ1) is 56.1. The first-order chi connectivity index (χ1) is 29.2. The number of carbonyl (C=O) groups is 3. The lowest BCUT2D eigenvalue weighted by molar-refractivity contribution is -0.149. The molecule has 22 heteroatoms. The zero-order chi connectivity index (χ0) is 46.1. The fraction of sp³-hybridized carbons (Fsp3) is 0.488. The van der Waals surface area contributed by atoms with Crippen molar-refractivity contribution in [3.05, 3.63) is 87.9 Å². The fourth-order valence-electron chi connectivity index (χ4n) is 6.40. The van der Waals surface area contributed by atoms with Crippen LogP contribution in [-0.4, -0.2) is 109 Å². The van der Waals surface area contributed by atoms with Gasteiger partial charge in [-0.15, -0.1) is 0 Å². The summed E-state index contributed by atoms with van der Waals surface area (Å²) in [6, 6.07) is 17.6. The number of aliphatic carboxylic acids is 1. The Kier molecular flexibility index (Phi) is 23.9. The van der Waals surface area contributed by atoms with E-state index in [9.17, 15) is 39.6 Å². The summed E-state index contributed by atoms with van der Waals surface area (Å²) < 4.78 is 83.6. The summed E-state index contributed by atoms with van der Waals surface area (Å²) in [6.07, 6.45) is 4.45. The number of hydrogen-bond donors (Lipinski definition) is 2. The molecule has 3 heterocycles. The maximum Gasteiger partial charge on any atom is 0.310 e. The molecule has 0 radical (unpaired) electrons. The van der Waals surface area contributed by atoms with E-state index < -0.39 is 41.0 Å². The molecule has 6 rings (SSSR count). The number of carboxylic acids is 1. The minimum atomic E-state index is -3.63. The van der Waals surface area contributed by atoms with Crippen molar-refractivity contribution in [3.63, 3.8) is 0 Å². The van der Waals surface area contributed by atoms with Crippen LogP contribution in [-0.2, 0) is 53.0 Å². The molecular formula is C41H55Cl4N3O12S3. The molecule has 0 unspecified atom stereocenters. The van der Waals surface area contributed by atoms with E-state index >= 15 is 0 Å². The van der Waals surface area contributed by atoms with E-state index in [2.05, 4.69) is 5.32 Å². The van der Waals surface area contributed by atoms with Crippen LogP contribution < -0.4 is 5.32 Å². The third kappa shape index (κ3) is 18.0. The molecule has 3 atom stereocenters. The number of nitrogens with zero attached hydrogens (tertiary/aromatic N) is 2. The second-order valence-corrected chi connectivity index (χ2v) is 21.8. The Morgan fingerprint density at radius 2 is 0.984 bits per heavy atom. The lowest BCUT2D eigenvalue weighted by atomic mass is 10.0. The van der Waals surface area contributed by atoms with Crippen molar-refractivity contribution in [2.75, 3.05) is 52.5 Å². The first-order valence-corrected chi connectivity index (χ1v) is 26.0. The molecule has 352 valence electrons. The molecule has 0 aliphatic carbocycles. The molecule has 2 N–H and O–H groups in total. The minimum absolute atomic E-state index is 0. The number of carboxylic acid groups (broad SMARTS) is 1. The standard InChI is InChI=1S/C14H18ClNO4S.C12H14ClNO4S.C8H15NO2.C6H4Cl2O2S.CH4/c1-2-20-14(17)11-4-3-9-16(10-11)21(18,19)13-7-5-12(15)6-8-13;13-10-3-5-11(6-4-10)19(17,18)14-7-1-2-9(8-14)12(15)16;1-2-11-8(10)7-4-3-5-9-6-7;7-5-1-3-6(4-2-5)11(8,9)10;/h5-8,11H,2-4,9-10H2,1H3;3-6,9H,1-2,7-8H2,(H,15,16);7,9H,2-6H2,1H3;1-4H;1H4/t11-;9-;7-;;/m000../s1. The molecule has 3 aromatic carbocycles. The molecule has 3 aromatic rings. The normalized spacial score (nSPS) is 19.4. The molecule has 0 saturated carbocycles. The summed E-state index contributed by atoms with van der Waals surface area (Å²) >= 11 is 17.0. The van der Waals surface area contributed by atoms with Crippen LogP contribution in [0.5, 0.6) is 0 Å². The van der Waals surface area contributed by atoms with Gasteiger partial charge in [-0.2, -0.15) is 8.61 Å². The highest BCUT2D eigenvalue weighted by Crippen LogP contribution is 2.27. The second-order valence-electron chi connectivity index (χ2n) is 14.1. The molecule has 3 fully saturated rings. The summed E-state index contributed by atoms with van der Waals surface area (Å²) in [7, 11) is -5.79. The van der Waals surface area contributed by atoms with Crippen LogP contribution in [0.3, 0.4) is 0 Å². The van der Waals surface area contributed by atoms with E-state index in [1.807, 2.05) is 6.92 Å². The highest BCUT2D eigenvalue weighted by Gasteiger charge is 2.35. The van der Waals surface area contributed by atoms with E-state index in [0.29, 0.717) is 67.1 Å². The third-order valence-corrected chi connectivity index (χ3v) is 15.5. The Balaban J connectivity index is 0.000000299. The van der Waals surface area contributed by atoms with Gasteiger partial charge in [-0.1, -0.05) is 42.2 Å². The quantitative estimate of drug-likeness (QED) is 0.148. The number of esters is 2. The minimum Gasteiger partial charge on any atom is -0.481 e. The molecule has 63 heavy (non-hydrogen) atoms. The number of rotatable bonds is 10. The highest BCUT2D eigenvalue weighted by molar-refractivity contribution is 8.13. The van der Waals surface area contributed by atoms with Crippen LogP contribution in [0.1, 0.15) is 59.8 Å². The van der Waals surface area contributed by atoms with Crippen LogP contribution in [0.2, 0.25) is 15.1 Å². The molecule has 3 saturated heterocycles. The van der Waals surface area contributed by atoms with Gasteiger partial charge in [0, 0.05) is 58.5 Å². The van der Waals surface area contributed by atoms with E-state index in [0.717, 1.165) is 25.9 Å². The average molecular weight is 1020 g/mol. The van der Waals surface area contributed by atoms with Crippen molar-refractivity contribution in [1.82, 2.24) is 13.9 Å². The Morgan fingerprint density at radius 3 is 1.35 bits per heavy atom. The van der Waals surface area contributed by atoms with E-state index in [1.54, 1.807) is 19.1 Å². The first-order valence-electron chi connectivity index (χ1n) is 19.7. The Morgan fingerprint density at radius 1 is 0.619 bits per heavy atom. The number of piperidine rings is 3. The van der Waals surface area contributed by atoms with Gasteiger partial charge in [0.1, 0.15) is 0 Å². The second kappa shape index (κ2) is 26.8. The van der Waals surface area contributed by atoms with Gasteiger partial charge in [-0.3, -0.25) is 14.4 Å². The zero-order valence-corrected chi connectivity index (χ0v) is 39.6. The van der Waals surface area contributed by atoms with Crippen molar-refractivity contribution in [1.29, 1.82) is 0 Å². The van der Waals surface area contributed by atoms with Gasteiger partial charge in [-0.05, 0) is 132 Å². The van der Waals surface area contributed by atoms with Gasteiger partial charge >= 0.3 is 17.9 Å². The summed E-state index contributed by atoms with van der Waals surface area (Å²) in [4.78, 5) is 34.3. The summed E-state index contributed by atoms with van der Waals surface area (Å²) in [5, 5.41) is 13.6. The van der Waals surface area contributed by atoms with Crippen LogP contribution in [0, 0.1) is 17.8 Å². The van der Waals surface area contributed by atoms with Gasteiger partial charge in [0.2, 0.25) is 20.0 Å². The summed E-state index contributed by atoms with van der Waals surface area (Å²) in [5.41, 5.74) is 0. The van der Waals surface area contributed by atoms with Crippen molar-refractivity contribution >= 4 is 92.5 Å². The number of carbonyl (C=O) groups excluding carboxylic acids is 2. The Hall–Kier alpha value is -3.04. The molecule has 0 bridgehead atoms. The third-order valence-electron chi connectivity index (χ3n) is 9.65. The predicted octanol–water partition coefficient (Wildman–Crippen LogP) is 7.58. The summed E-state index contributed by atoms with van der Waals surface area (Å²) in [6.45, 7) is 7.18. The van der Waals surface area contributed by atoms with Crippen LogP contribution in [0.15, 0.2) is 87.5 Å². The van der Waals surface area contributed by atoms with Crippen molar-refractivity contribution in [2.45, 2.75) is 74.5 Å². The molecule has 3 aliphatic rings. The fourth-order valence-corrected chi connectivity index (χ4v) is 10.6. The predicted molar refractivity (Wildman–Crippen MR) is 244 cm³/mol. The topological polar surface area (TPSA) is 211 Å². The molecule has 0 aromatic heterocycles. The Labute approximate surface area is 390 Å². The largest absolute Gasteiger partial charge is 0.481 e. The van der Waals surface area contributed by atoms with Crippen LogP contribution in [0.25, 0.3) is 0 Å². The van der Waals surface area contributed by atoms with Crippen molar-refractivity contribution in [3.8, 4) is 0 Å². The molecule has 15 nitrogen and oxygen atoms in total.